The fourth-order valence-electron chi connectivity index (χ4n) is 1.09. The topological polar surface area (TPSA) is 104 Å². The lowest BCUT2D eigenvalue weighted by atomic mass is 10.4. The standard InChI is InChI=1S/C8H13N3O4S/c1-5(2)11-4-6(16(9,13)14)7(10-11)8(12)15-3/h4-5H,1-3H3,(H2,9,13,14). The van der Waals surface area contributed by atoms with E-state index in [1.54, 1.807) is 13.8 Å². The highest BCUT2D eigenvalue weighted by atomic mass is 32.2. The van der Waals surface area contributed by atoms with E-state index >= 15 is 0 Å². The van der Waals surface area contributed by atoms with Crippen LogP contribution in [-0.4, -0.2) is 31.3 Å². The molecule has 0 aliphatic carbocycles. The van der Waals surface area contributed by atoms with Crippen LogP contribution in [0.1, 0.15) is 30.4 Å². The zero-order chi connectivity index (χ0) is 12.5. The third-order valence-electron chi connectivity index (χ3n) is 1.91. The van der Waals surface area contributed by atoms with Crippen LogP contribution in [0.15, 0.2) is 11.1 Å². The Morgan fingerprint density at radius 2 is 2.12 bits per heavy atom. The summed E-state index contributed by atoms with van der Waals surface area (Å²) < 4.78 is 28.2. The van der Waals surface area contributed by atoms with Crippen LogP contribution in [0.5, 0.6) is 0 Å². The number of aromatic nitrogens is 2. The molecule has 0 bridgehead atoms. The smallest absolute Gasteiger partial charge is 0.359 e. The van der Waals surface area contributed by atoms with Gasteiger partial charge in [-0.3, -0.25) is 4.68 Å². The Hall–Kier alpha value is -1.41. The maximum atomic E-state index is 11.3. The van der Waals surface area contributed by atoms with E-state index in [4.69, 9.17) is 5.14 Å². The summed E-state index contributed by atoms with van der Waals surface area (Å²) in [6.45, 7) is 3.59. The van der Waals surface area contributed by atoms with Crippen molar-refractivity contribution in [2.45, 2.75) is 24.8 Å². The number of methoxy groups -OCH3 is 1. The van der Waals surface area contributed by atoms with Crippen molar-refractivity contribution in [3.63, 3.8) is 0 Å². The van der Waals surface area contributed by atoms with Gasteiger partial charge in [0.1, 0.15) is 4.90 Å². The molecule has 1 heterocycles. The summed E-state index contributed by atoms with van der Waals surface area (Å²) in [5.74, 6) is -0.830. The predicted octanol–water partition coefficient (Wildman–Crippen LogP) is -0.102. The highest BCUT2D eigenvalue weighted by Gasteiger charge is 2.25. The van der Waals surface area contributed by atoms with E-state index in [1.165, 1.54) is 10.9 Å². The van der Waals surface area contributed by atoms with Crippen molar-refractivity contribution in [2.75, 3.05) is 7.11 Å². The molecule has 0 unspecified atom stereocenters. The lowest BCUT2D eigenvalue weighted by molar-refractivity contribution is 0.0588. The molecule has 0 aliphatic rings. The first kappa shape index (κ1) is 12.7. The molecular formula is C8H13N3O4S. The van der Waals surface area contributed by atoms with Gasteiger partial charge >= 0.3 is 5.97 Å². The average Bonchev–Trinajstić information content (AvgIpc) is 2.60. The van der Waals surface area contributed by atoms with Gasteiger partial charge in [-0.05, 0) is 13.8 Å². The SMILES string of the molecule is COC(=O)c1nn(C(C)C)cc1S(N)(=O)=O. The third-order valence-corrected chi connectivity index (χ3v) is 2.82. The van der Waals surface area contributed by atoms with Crippen LogP contribution >= 0.6 is 0 Å². The van der Waals surface area contributed by atoms with E-state index in [-0.39, 0.29) is 16.6 Å². The van der Waals surface area contributed by atoms with Crippen LogP contribution in [0.4, 0.5) is 0 Å². The molecule has 0 saturated carbocycles. The summed E-state index contributed by atoms with van der Waals surface area (Å²) in [4.78, 5) is 11.0. The number of sulfonamides is 1. The minimum atomic E-state index is -3.99. The van der Waals surface area contributed by atoms with E-state index in [0.717, 1.165) is 7.11 Å². The molecule has 8 heteroatoms. The van der Waals surface area contributed by atoms with Crippen molar-refractivity contribution >= 4 is 16.0 Å². The molecule has 0 spiro atoms. The van der Waals surface area contributed by atoms with Gasteiger partial charge in [-0.25, -0.2) is 18.4 Å². The molecule has 1 rings (SSSR count). The highest BCUT2D eigenvalue weighted by molar-refractivity contribution is 7.89. The molecule has 1 aromatic rings. The number of ether oxygens (including phenoxy) is 1. The fourth-order valence-corrected chi connectivity index (χ4v) is 1.73. The lowest BCUT2D eigenvalue weighted by Gasteiger charge is -2.02. The van der Waals surface area contributed by atoms with Crippen LogP contribution < -0.4 is 5.14 Å². The Morgan fingerprint density at radius 1 is 1.56 bits per heavy atom. The normalized spacial score (nSPS) is 11.8. The van der Waals surface area contributed by atoms with Crippen molar-refractivity contribution in [1.82, 2.24) is 9.78 Å². The fraction of sp³-hybridized carbons (Fsp3) is 0.500. The van der Waals surface area contributed by atoms with Crippen molar-refractivity contribution < 1.29 is 17.9 Å². The predicted molar refractivity (Wildman–Crippen MR) is 55.3 cm³/mol. The van der Waals surface area contributed by atoms with Crippen LogP contribution in [0.2, 0.25) is 0 Å². The van der Waals surface area contributed by atoms with Crippen LogP contribution in [0.25, 0.3) is 0 Å². The van der Waals surface area contributed by atoms with Crippen LogP contribution in [0, 0.1) is 0 Å². The summed E-state index contributed by atoms with van der Waals surface area (Å²) in [5.41, 5.74) is -0.293. The first-order valence-corrected chi connectivity index (χ1v) is 6.02. The minimum absolute atomic E-state index is 0.0843. The molecule has 1 aromatic heterocycles. The molecule has 7 nitrogen and oxygen atoms in total. The number of esters is 1. The van der Waals surface area contributed by atoms with E-state index < -0.39 is 16.0 Å². The van der Waals surface area contributed by atoms with Gasteiger partial charge in [-0.15, -0.1) is 0 Å². The largest absolute Gasteiger partial charge is 0.464 e. The summed E-state index contributed by atoms with van der Waals surface area (Å²) in [6, 6.07) is -0.0843. The maximum Gasteiger partial charge on any atom is 0.359 e. The first-order chi connectivity index (χ1) is 7.27. The second-order valence-electron chi connectivity index (χ2n) is 3.45. The van der Waals surface area contributed by atoms with E-state index in [2.05, 4.69) is 9.84 Å². The van der Waals surface area contributed by atoms with Gasteiger partial charge in [0.05, 0.1) is 7.11 Å². The number of rotatable bonds is 3. The first-order valence-electron chi connectivity index (χ1n) is 4.47. The molecule has 0 radical (unpaired) electrons. The highest BCUT2D eigenvalue weighted by Crippen LogP contribution is 2.16. The van der Waals surface area contributed by atoms with Gasteiger partial charge in [0.15, 0.2) is 5.69 Å². The molecule has 0 atom stereocenters. The molecule has 0 saturated heterocycles. The van der Waals surface area contributed by atoms with Crippen LogP contribution in [0.3, 0.4) is 0 Å². The molecule has 16 heavy (non-hydrogen) atoms. The molecule has 0 amide bonds. The summed E-state index contributed by atoms with van der Waals surface area (Å²) >= 11 is 0. The number of hydrogen-bond donors (Lipinski definition) is 1. The zero-order valence-electron chi connectivity index (χ0n) is 9.17. The Kier molecular flexibility index (Phi) is 3.34. The van der Waals surface area contributed by atoms with Crippen LogP contribution in [-0.2, 0) is 14.8 Å². The summed E-state index contributed by atoms with van der Waals surface area (Å²) in [5, 5.41) is 8.80. The van der Waals surface area contributed by atoms with Crippen molar-refractivity contribution in [2.24, 2.45) is 5.14 Å². The number of nitrogens with zero attached hydrogens (tertiary/aromatic N) is 2. The molecule has 0 fully saturated rings. The number of primary sulfonamides is 1. The van der Waals surface area contributed by atoms with Gasteiger partial charge in [0.2, 0.25) is 10.0 Å². The van der Waals surface area contributed by atoms with Crippen molar-refractivity contribution in [3.8, 4) is 0 Å². The molecular weight excluding hydrogens is 234 g/mol. The number of carbonyl (C=O) groups is 1. The van der Waals surface area contributed by atoms with Gasteiger partial charge in [0, 0.05) is 12.2 Å². The van der Waals surface area contributed by atoms with Gasteiger partial charge in [-0.2, -0.15) is 5.10 Å². The van der Waals surface area contributed by atoms with Crippen molar-refractivity contribution in [1.29, 1.82) is 0 Å². The minimum Gasteiger partial charge on any atom is -0.464 e. The number of carbonyl (C=O) groups excluding carboxylic acids is 1. The van der Waals surface area contributed by atoms with E-state index in [0.29, 0.717) is 0 Å². The zero-order valence-corrected chi connectivity index (χ0v) is 9.98. The molecule has 0 aliphatic heterocycles. The Labute approximate surface area is 93.2 Å². The van der Waals surface area contributed by atoms with Gasteiger partial charge in [0.25, 0.3) is 0 Å². The quantitative estimate of drug-likeness (QED) is 0.751. The van der Waals surface area contributed by atoms with Gasteiger partial charge < -0.3 is 4.74 Å². The lowest BCUT2D eigenvalue weighted by Crippen LogP contribution is -2.16. The summed E-state index contributed by atoms with van der Waals surface area (Å²) in [6.07, 6.45) is 1.21. The van der Waals surface area contributed by atoms with Gasteiger partial charge in [-0.1, -0.05) is 0 Å². The maximum absolute atomic E-state index is 11.3. The second kappa shape index (κ2) is 4.22. The van der Waals surface area contributed by atoms with Crippen molar-refractivity contribution in [3.05, 3.63) is 11.9 Å². The molecule has 2 N–H and O–H groups in total. The number of nitrogens with two attached hydrogens (primary N) is 1. The van der Waals surface area contributed by atoms with E-state index in [1.807, 2.05) is 0 Å². The Morgan fingerprint density at radius 3 is 2.50 bits per heavy atom. The Bertz CT molecular complexity index is 503. The second-order valence-corrected chi connectivity index (χ2v) is 4.98. The summed E-state index contributed by atoms with van der Waals surface area (Å²) in [7, 11) is -2.84. The third kappa shape index (κ3) is 2.39. The number of hydrogen-bond acceptors (Lipinski definition) is 5. The molecule has 0 aromatic carbocycles. The molecule has 90 valence electrons. The van der Waals surface area contributed by atoms with E-state index in [9.17, 15) is 13.2 Å². The Balaban J connectivity index is 3.41. The monoisotopic (exact) mass is 247 g/mol. The average molecular weight is 247 g/mol.